The molecular formula is C9H13N3O3S. The Bertz CT molecular complexity index is 432. The molecule has 16 heavy (non-hydrogen) atoms. The summed E-state index contributed by atoms with van der Waals surface area (Å²) in [6.45, 7) is -0.448. The number of hydrogen-bond donors (Lipinski definition) is 4. The van der Waals surface area contributed by atoms with Gasteiger partial charge in [0.2, 0.25) is 0 Å². The predicted octanol–water partition coefficient (Wildman–Crippen LogP) is -0.986. The maximum atomic E-state index is 11.6. The fraction of sp³-hybridized carbons (Fsp3) is 0.333. The molecule has 0 saturated carbocycles. The van der Waals surface area contributed by atoms with Gasteiger partial charge in [0.05, 0.1) is 18.3 Å². The summed E-state index contributed by atoms with van der Waals surface area (Å²) in [6, 6.07) is 3.12. The van der Waals surface area contributed by atoms with Gasteiger partial charge in [-0.15, -0.1) is 0 Å². The lowest BCUT2D eigenvalue weighted by atomic mass is 10.2. The first kappa shape index (κ1) is 12.6. The lowest BCUT2D eigenvalue weighted by molar-refractivity contribution is 0.0801. The molecule has 0 saturated heterocycles. The molecule has 0 fully saturated rings. The molecule has 0 bridgehead atoms. The van der Waals surface area contributed by atoms with E-state index in [1.54, 1.807) is 6.07 Å². The first-order chi connectivity index (χ1) is 7.56. The largest absolute Gasteiger partial charge is 0.394 e. The third-order valence-electron chi connectivity index (χ3n) is 1.93. The smallest absolute Gasteiger partial charge is 0.254 e. The Kier molecular flexibility index (Phi) is 4.41. The van der Waals surface area contributed by atoms with Crippen LogP contribution in [0.4, 0.5) is 0 Å². The van der Waals surface area contributed by atoms with Crippen LogP contribution in [0.3, 0.4) is 0 Å². The highest BCUT2D eigenvalue weighted by Gasteiger charge is 2.10. The van der Waals surface area contributed by atoms with E-state index in [1.165, 1.54) is 12.3 Å². The van der Waals surface area contributed by atoms with E-state index < -0.39 is 18.6 Å². The number of rotatable bonds is 4. The molecule has 0 spiro atoms. The van der Waals surface area contributed by atoms with Gasteiger partial charge in [-0.1, -0.05) is 12.2 Å². The molecule has 1 rings (SSSR count). The molecule has 1 heterocycles. The highest BCUT2D eigenvalue weighted by Crippen LogP contribution is 2.00. The summed E-state index contributed by atoms with van der Waals surface area (Å²) in [5, 5.41) is 20.1. The molecule has 5 N–H and O–H groups in total. The van der Waals surface area contributed by atoms with Crippen LogP contribution in [0.25, 0.3) is 0 Å². The summed E-state index contributed by atoms with van der Waals surface area (Å²) in [6.07, 6.45) is 0.549. The van der Waals surface area contributed by atoms with Gasteiger partial charge >= 0.3 is 0 Å². The van der Waals surface area contributed by atoms with Crippen molar-refractivity contribution in [2.45, 2.75) is 6.10 Å². The number of aromatic nitrogens is 1. The number of nitrogen functional groups attached to an aromatic ring is 1. The van der Waals surface area contributed by atoms with E-state index in [-0.39, 0.29) is 16.7 Å². The predicted molar refractivity (Wildman–Crippen MR) is 60.8 cm³/mol. The van der Waals surface area contributed by atoms with Crippen LogP contribution in [0.15, 0.2) is 18.3 Å². The number of nitrogens with two attached hydrogens (primary N) is 1. The summed E-state index contributed by atoms with van der Waals surface area (Å²) in [4.78, 5) is 11.6. The van der Waals surface area contributed by atoms with Crippen molar-refractivity contribution in [3.05, 3.63) is 28.5 Å². The van der Waals surface area contributed by atoms with Gasteiger partial charge in [-0.2, -0.15) is 0 Å². The first-order valence-corrected chi connectivity index (χ1v) is 5.01. The summed E-state index contributed by atoms with van der Waals surface area (Å²) >= 11 is 4.94. The molecule has 0 radical (unpaired) electrons. The molecule has 0 aliphatic heterocycles. The molecule has 6 nitrogen and oxygen atoms in total. The quantitative estimate of drug-likeness (QED) is 0.402. The summed E-state index contributed by atoms with van der Waals surface area (Å²) in [5.74, 6) is 5.05. The average molecular weight is 243 g/mol. The van der Waals surface area contributed by atoms with E-state index in [2.05, 4.69) is 5.32 Å². The van der Waals surface area contributed by atoms with E-state index in [1.807, 2.05) is 0 Å². The second-order valence-electron chi connectivity index (χ2n) is 3.18. The number of aliphatic hydroxyl groups excluding tert-OH is 2. The van der Waals surface area contributed by atoms with E-state index in [9.17, 15) is 4.79 Å². The number of pyridine rings is 1. The highest BCUT2D eigenvalue weighted by molar-refractivity contribution is 7.71. The number of amides is 1. The van der Waals surface area contributed by atoms with Gasteiger partial charge in [0.1, 0.15) is 4.64 Å². The molecule has 1 aromatic heterocycles. The van der Waals surface area contributed by atoms with E-state index >= 15 is 0 Å². The van der Waals surface area contributed by atoms with Crippen LogP contribution in [0, 0.1) is 4.64 Å². The first-order valence-electron chi connectivity index (χ1n) is 4.60. The molecule has 0 aromatic carbocycles. The van der Waals surface area contributed by atoms with E-state index in [0.29, 0.717) is 0 Å². The zero-order valence-corrected chi connectivity index (χ0v) is 9.28. The van der Waals surface area contributed by atoms with Crippen molar-refractivity contribution >= 4 is 18.1 Å². The second-order valence-corrected chi connectivity index (χ2v) is 3.57. The number of aliphatic hydroxyl groups is 2. The number of nitrogens with one attached hydrogen (secondary N) is 1. The number of carbonyl (C=O) groups excluding carboxylic acids is 1. The van der Waals surface area contributed by atoms with Gasteiger partial charge in [-0.25, -0.2) is 0 Å². The van der Waals surface area contributed by atoms with Crippen molar-refractivity contribution in [2.24, 2.45) is 0 Å². The maximum Gasteiger partial charge on any atom is 0.254 e. The van der Waals surface area contributed by atoms with Crippen molar-refractivity contribution in [1.82, 2.24) is 9.99 Å². The average Bonchev–Trinajstić information content (AvgIpc) is 2.29. The lowest BCUT2D eigenvalue weighted by Gasteiger charge is -2.09. The van der Waals surface area contributed by atoms with Crippen LogP contribution < -0.4 is 11.2 Å². The monoisotopic (exact) mass is 243 g/mol. The summed E-state index contributed by atoms with van der Waals surface area (Å²) in [5.41, 5.74) is 0.255. The molecule has 0 unspecified atom stereocenters. The number of nitrogens with zero attached hydrogens (tertiary/aromatic N) is 1. The maximum absolute atomic E-state index is 11.6. The lowest BCUT2D eigenvalue weighted by Crippen LogP contribution is -2.34. The zero-order chi connectivity index (χ0) is 12.1. The fourth-order valence-corrected chi connectivity index (χ4v) is 1.27. The normalized spacial score (nSPS) is 12.1. The Morgan fingerprint density at radius 2 is 2.38 bits per heavy atom. The number of carbonyl (C=O) groups is 1. The Balaban J connectivity index is 2.74. The molecule has 0 aliphatic rings. The molecular weight excluding hydrogens is 230 g/mol. The Morgan fingerprint density at radius 1 is 1.69 bits per heavy atom. The third-order valence-corrected chi connectivity index (χ3v) is 2.36. The minimum Gasteiger partial charge on any atom is -0.394 e. The van der Waals surface area contributed by atoms with Gasteiger partial charge in [-0.3, -0.25) is 9.47 Å². The van der Waals surface area contributed by atoms with E-state index in [4.69, 9.17) is 28.3 Å². The highest BCUT2D eigenvalue weighted by atomic mass is 32.1. The van der Waals surface area contributed by atoms with Crippen molar-refractivity contribution < 1.29 is 15.0 Å². The standard InChI is InChI=1S/C9H13N3O3S/c10-12-3-1-2-7(9(12)16)8(15)11-4-6(14)5-13/h1-3,6,13-14H,4-5,10H2,(H,11,15)/t6-/m0/s1. The van der Waals surface area contributed by atoms with Crippen molar-refractivity contribution in [3.8, 4) is 0 Å². The Labute approximate surface area is 97.3 Å². The molecule has 0 aliphatic carbocycles. The Morgan fingerprint density at radius 3 is 3.00 bits per heavy atom. The van der Waals surface area contributed by atoms with Crippen LogP contribution in [0.2, 0.25) is 0 Å². The Hall–Kier alpha value is -1.44. The van der Waals surface area contributed by atoms with E-state index in [0.717, 1.165) is 4.68 Å². The summed E-state index contributed by atoms with van der Waals surface area (Å²) < 4.78 is 1.37. The SMILES string of the molecule is Nn1cccc(C(=O)NC[C@H](O)CO)c1=S. The molecule has 1 amide bonds. The fourth-order valence-electron chi connectivity index (χ4n) is 1.05. The van der Waals surface area contributed by atoms with Crippen LogP contribution in [-0.2, 0) is 0 Å². The zero-order valence-electron chi connectivity index (χ0n) is 8.46. The van der Waals surface area contributed by atoms with Gasteiger partial charge in [0, 0.05) is 12.7 Å². The number of hydrogen-bond acceptors (Lipinski definition) is 5. The minimum atomic E-state index is -0.980. The molecule has 1 aromatic rings. The van der Waals surface area contributed by atoms with Crippen LogP contribution >= 0.6 is 12.2 Å². The van der Waals surface area contributed by atoms with Crippen molar-refractivity contribution in [3.63, 3.8) is 0 Å². The van der Waals surface area contributed by atoms with Crippen molar-refractivity contribution in [1.29, 1.82) is 0 Å². The van der Waals surface area contributed by atoms with Crippen molar-refractivity contribution in [2.75, 3.05) is 19.0 Å². The van der Waals surface area contributed by atoms with Crippen LogP contribution in [0.1, 0.15) is 10.4 Å². The van der Waals surface area contributed by atoms with Gasteiger partial charge < -0.3 is 21.4 Å². The summed E-state index contributed by atoms with van der Waals surface area (Å²) in [7, 11) is 0. The molecule has 1 atom stereocenters. The molecule has 7 heteroatoms. The van der Waals surface area contributed by atoms with Crippen LogP contribution in [-0.4, -0.2) is 40.1 Å². The van der Waals surface area contributed by atoms with Gasteiger partial charge in [0.15, 0.2) is 0 Å². The topological polar surface area (TPSA) is 101 Å². The van der Waals surface area contributed by atoms with Gasteiger partial charge in [-0.05, 0) is 12.1 Å². The third kappa shape index (κ3) is 3.02. The minimum absolute atomic E-state index is 0.0381. The second kappa shape index (κ2) is 5.59. The van der Waals surface area contributed by atoms with Crippen LogP contribution in [0.5, 0.6) is 0 Å². The molecule has 88 valence electrons. The van der Waals surface area contributed by atoms with Gasteiger partial charge in [0.25, 0.3) is 5.91 Å².